The Bertz CT molecular complexity index is 410. The summed E-state index contributed by atoms with van der Waals surface area (Å²) < 4.78 is 2.49. The van der Waals surface area contributed by atoms with Gasteiger partial charge in [-0.1, -0.05) is 12.2 Å². The van der Waals surface area contributed by atoms with E-state index in [1.807, 2.05) is 18.3 Å². The van der Waals surface area contributed by atoms with Crippen LogP contribution in [-0.2, 0) is 0 Å². The quantitative estimate of drug-likeness (QED) is 0.391. The Morgan fingerprint density at radius 3 is 3.18 bits per heavy atom. The predicted octanol–water partition coefficient (Wildman–Crippen LogP) is -1.49. The molecule has 0 saturated carbocycles. The van der Waals surface area contributed by atoms with Gasteiger partial charge in [-0.25, -0.2) is 9.50 Å². The largest absolute Gasteiger partial charge is 1.00 e. The van der Waals surface area contributed by atoms with Gasteiger partial charge >= 0.3 is 29.6 Å². The zero-order valence-corrected chi connectivity index (χ0v) is 8.93. The zero-order chi connectivity index (χ0) is 6.97. The molecule has 0 saturated heterocycles. The molecule has 0 atom stereocenters. The van der Waals surface area contributed by atoms with Gasteiger partial charge in [-0.15, -0.1) is 0 Å². The van der Waals surface area contributed by atoms with Gasteiger partial charge in [0.15, 0.2) is 5.65 Å². The van der Waals surface area contributed by atoms with Crippen LogP contribution in [-0.4, -0.2) is 14.6 Å². The van der Waals surface area contributed by atoms with Gasteiger partial charge < -0.3 is 1.43 Å². The summed E-state index contributed by atoms with van der Waals surface area (Å²) in [6, 6.07) is 3.69. The van der Waals surface area contributed by atoms with Crippen molar-refractivity contribution >= 4 is 17.9 Å². The monoisotopic (exact) mass is 175 g/mol. The molecular weight excluding hydrogens is 169 g/mol. The van der Waals surface area contributed by atoms with E-state index < -0.39 is 0 Å². The van der Waals surface area contributed by atoms with E-state index >= 15 is 0 Å². The molecule has 2 aromatic heterocycles. The smallest absolute Gasteiger partial charge is 1.00 e. The van der Waals surface area contributed by atoms with Crippen molar-refractivity contribution in [1.29, 1.82) is 0 Å². The van der Waals surface area contributed by atoms with Crippen molar-refractivity contribution < 1.29 is 31.0 Å². The second kappa shape index (κ2) is 3.49. The predicted molar refractivity (Wildman–Crippen MR) is 41.5 cm³/mol. The van der Waals surface area contributed by atoms with Gasteiger partial charge in [0.05, 0.1) is 0 Å². The number of fused-ring (bicyclic) bond motifs is 1. The Morgan fingerprint density at radius 1 is 1.55 bits per heavy atom. The van der Waals surface area contributed by atoms with E-state index in [1.165, 1.54) is 0 Å². The van der Waals surface area contributed by atoms with Crippen molar-refractivity contribution in [2.75, 3.05) is 0 Å². The summed E-state index contributed by atoms with van der Waals surface area (Å²) in [5, 5.41) is 2.94. The molecule has 0 unspecified atom stereocenters. The minimum atomic E-state index is 0. The second-order valence-corrected chi connectivity index (χ2v) is 2.40. The average Bonchev–Trinajstić information content (AvgIpc) is 2.33. The molecule has 2 rings (SSSR count). The minimum Gasteiger partial charge on any atom is -1.00 e. The van der Waals surface area contributed by atoms with Gasteiger partial charge in [0.25, 0.3) is 0 Å². The Morgan fingerprint density at radius 2 is 2.36 bits per heavy atom. The maximum Gasteiger partial charge on any atom is 1.00 e. The van der Waals surface area contributed by atoms with Crippen LogP contribution in [0.4, 0.5) is 0 Å². The molecule has 0 radical (unpaired) electrons. The van der Waals surface area contributed by atoms with E-state index in [0.29, 0.717) is 4.64 Å². The number of aromatic amines is 1. The number of hydrogen-bond donors (Lipinski definition) is 1. The normalized spacial score (nSPS) is 9.45. The van der Waals surface area contributed by atoms with Gasteiger partial charge in [0, 0.05) is 12.4 Å². The molecule has 52 valence electrons. The van der Waals surface area contributed by atoms with E-state index in [2.05, 4.69) is 10.1 Å². The standard InChI is InChI=1S/C6H5N3S.Na.H/c10-6-2-1-5-7-3-4-9(5)8-6;;/h1-4H,(H,8,10);;/q;+1;-1. The topological polar surface area (TPSA) is 33.1 Å². The number of rotatable bonds is 0. The number of hydrogen-bond acceptors (Lipinski definition) is 2. The van der Waals surface area contributed by atoms with Gasteiger partial charge in [0.2, 0.25) is 0 Å². The van der Waals surface area contributed by atoms with E-state index in [1.54, 1.807) is 10.7 Å². The van der Waals surface area contributed by atoms with Crippen LogP contribution in [0.5, 0.6) is 0 Å². The molecule has 0 bridgehead atoms. The molecule has 1 N–H and O–H groups in total. The van der Waals surface area contributed by atoms with Crippen LogP contribution < -0.4 is 29.6 Å². The Balaban J connectivity index is 0.000000605. The Hall–Kier alpha value is -0.160. The molecule has 3 nitrogen and oxygen atoms in total. The van der Waals surface area contributed by atoms with E-state index in [9.17, 15) is 0 Å². The van der Waals surface area contributed by atoms with Crippen LogP contribution in [0.2, 0.25) is 0 Å². The van der Waals surface area contributed by atoms with Crippen molar-refractivity contribution in [3.05, 3.63) is 29.2 Å². The number of aromatic nitrogens is 3. The third-order valence-corrected chi connectivity index (χ3v) is 1.51. The minimum absolute atomic E-state index is 0. The SMILES string of the molecule is S=c1ccc2nccn2[nH]1.[H-].[Na+]. The van der Waals surface area contributed by atoms with Crippen LogP contribution >= 0.6 is 12.2 Å². The summed E-state index contributed by atoms with van der Waals surface area (Å²) >= 11 is 4.90. The molecule has 0 fully saturated rings. The summed E-state index contributed by atoms with van der Waals surface area (Å²) in [6.07, 6.45) is 3.55. The number of nitrogens with one attached hydrogen (secondary N) is 1. The first-order chi connectivity index (χ1) is 4.86. The van der Waals surface area contributed by atoms with E-state index in [0.717, 1.165) is 5.65 Å². The molecule has 2 heterocycles. The molecule has 0 spiro atoms. The summed E-state index contributed by atoms with van der Waals surface area (Å²) in [6.45, 7) is 0. The van der Waals surface area contributed by atoms with Crippen molar-refractivity contribution in [3.63, 3.8) is 0 Å². The first kappa shape index (κ1) is 8.93. The van der Waals surface area contributed by atoms with Crippen molar-refractivity contribution in [2.24, 2.45) is 0 Å². The Kier molecular flexibility index (Phi) is 2.84. The fourth-order valence-corrected chi connectivity index (χ4v) is 1.01. The molecule has 5 heteroatoms. The van der Waals surface area contributed by atoms with Gasteiger partial charge in [-0.3, -0.25) is 5.10 Å². The van der Waals surface area contributed by atoms with Gasteiger partial charge in [0.1, 0.15) is 4.64 Å². The molecule has 0 aromatic carbocycles. The second-order valence-electron chi connectivity index (χ2n) is 1.96. The number of H-pyrrole nitrogens is 1. The number of imidazole rings is 1. The summed E-state index contributed by atoms with van der Waals surface area (Å²) in [5.41, 5.74) is 0.883. The van der Waals surface area contributed by atoms with Crippen LogP contribution in [0.1, 0.15) is 1.43 Å². The van der Waals surface area contributed by atoms with Crippen LogP contribution in [0.3, 0.4) is 0 Å². The maximum atomic E-state index is 4.90. The van der Waals surface area contributed by atoms with E-state index in [-0.39, 0.29) is 31.0 Å². The molecular formula is C6H6N3NaS. The van der Waals surface area contributed by atoms with Crippen LogP contribution in [0.15, 0.2) is 24.5 Å². The van der Waals surface area contributed by atoms with Crippen molar-refractivity contribution in [2.45, 2.75) is 0 Å². The Labute approximate surface area is 92.2 Å². The fraction of sp³-hybridized carbons (Fsp3) is 0. The molecule has 0 aliphatic heterocycles. The third-order valence-electron chi connectivity index (χ3n) is 1.28. The summed E-state index contributed by atoms with van der Waals surface area (Å²) in [4.78, 5) is 4.05. The van der Waals surface area contributed by atoms with Crippen molar-refractivity contribution in [3.8, 4) is 0 Å². The van der Waals surface area contributed by atoms with Crippen LogP contribution in [0.25, 0.3) is 5.65 Å². The maximum absolute atomic E-state index is 4.90. The molecule has 0 aliphatic carbocycles. The first-order valence-electron chi connectivity index (χ1n) is 2.89. The first-order valence-corrected chi connectivity index (χ1v) is 3.29. The van der Waals surface area contributed by atoms with Gasteiger partial charge in [-0.2, -0.15) is 0 Å². The third kappa shape index (κ3) is 1.70. The summed E-state index contributed by atoms with van der Waals surface area (Å²) in [5.74, 6) is 0. The molecule has 0 amide bonds. The molecule has 0 aliphatic rings. The summed E-state index contributed by atoms with van der Waals surface area (Å²) in [7, 11) is 0. The van der Waals surface area contributed by atoms with Crippen LogP contribution in [0, 0.1) is 4.64 Å². The van der Waals surface area contributed by atoms with Gasteiger partial charge in [-0.05, 0) is 12.1 Å². The zero-order valence-electron chi connectivity index (χ0n) is 7.11. The van der Waals surface area contributed by atoms with E-state index in [4.69, 9.17) is 12.2 Å². The fourth-order valence-electron chi connectivity index (χ4n) is 0.839. The van der Waals surface area contributed by atoms with Crippen molar-refractivity contribution in [1.82, 2.24) is 14.6 Å². The molecule has 2 aromatic rings. The molecule has 11 heavy (non-hydrogen) atoms. The average molecular weight is 175 g/mol. The number of nitrogens with zero attached hydrogens (tertiary/aromatic N) is 2.